The average Bonchev–Trinajstić information content (AvgIpc) is 2.72. The third-order valence-corrected chi connectivity index (χ3v) is 4.24. The van der Waals surface area contributed by atoms with Gasteiger partial charge in [0.25, 0.3) is 5.91 Å². The summed E-state index contributed by atoms with van der Waals surface area (Å²) in [6.07, 6.45) is 4.69. The highest BCUT2D eigenvalue weighted by atomic mass is 16.5. The number of nitrogens with one attached hydrogen (secondary N) is 2. The summed E-state index contributed by atoms with van der Waals surface area (Å²) in [6.45, 7) is 2.84. The van der Waals surface area contributed by atoms with E-state index in [1.165, 1.54) is 12.8 Å². The quantitative estimate of drug-likeness (QED) is 0.484. The molecule has 0 aromatic heterocycles. The maximum absolute atomic E-state index is 12.2. The van der Waals surface area contributed by atoms with Crippen molar-refractivity contribution in [1.29, 1.82) is 0 Å². The Morgan fingerprint density at radius 1 is 0.929 bits per heavy atom. The van der Waals surface area contributed by atoms with Crippen molar-refractivity contribution in [2.45, 2.75) is 39.0 Å². The third-order valence-electron chi connectivity index (χ3n) is 4.24. The molecule has 2 N–H and O–H groups in total. The Bertz CT molecular complexity index is 759. The minimum absolute atomic E-state index is 0.106. The predicted molar refractivity (Wildman–Crippen MR) is 108 cm³/mol. The largest absolute Gasteiger partial charge is 0.496 e. The normalized spacial score (nSPS) is 10.2. The second-order valence-corrected chi connectivity index (χ2v) is 6.42. The second-order valence-electron chi connectivity index (χ2n) is 6.42. The van der Waals surface area contributed by atoms with Gasteiger partial charge < -0.3 is 9.47 Å². The molecule has 0 aliphatic heterocycles. The van der Waals surface area contributed by atoms with Crippen molar-refractivity contribution in [2.24, 2.45) is 0 Å². The number of methoxy groups -OCH3 is 1. The van der Waals surface area contributed by atoms with E-state index in [4.69, 9.17) is 9.47 Å². The van der Waals surface area contributed by atoms with Crippen LogP contribution in [0.5, 0.6) is 11.5 Å². The monoisotopic (exact) mass is 384 g/mol. The van der Waals surface area contributed by atoms with Gasteiger partial charge in [0.15, 0.2) is 0 Å². The summed E-state index contributed by atoms with van der Waals surface area (Å²) in [5.41, 5.74) is 6.03. The van der Waals surface area contributed by atoms with Gasteiger partial charge in [0.05, 0.1) is 20.1 Å². The van der Waals surface area contributed by atoms with Gasteiger partial charge in [-0.1, -0.05) is 44.4 Å². The molecule has 28 heavy (non-hydrogen) atoms. The maximum atomic E-state index is 12.2. The van der Waals surface area contributed by atoms with E-state index < -0.39 is 0 Å². The summed E-state index contributed by atoms with van der Waals surface area (Å²) in [5, 5.41) is 0. The topological polar surface area (TPSA) is 76.7 Å². The lowest BCUT2D eigenvalue weighted by Gasteiger charge is -2.10. The average molecular weight is 384 g/mol. The number of ether oxygens (including phenoxy) is 2. The third kappa shape index (κ3) is 6.95. The minimum atomic E-state index is -0.386. The standard InChI is InChI=1S/C22H28N2O4/c1-3-4-5-8-15-28-19-13-11-17(12-14-19)22(26)24-23-21(25)16-18-9-6-7-10-20(18)27-2/h6-7,9-14H,3-5,8,15-16H2,1-2H3,(H,23,25)(H,24,26). The number of para-hydroxylation sites is 1. The van der Waals surface area contributed by atoms with Crippen LogP contribution < -0.4 is 20.3 Å². The van der Waals surface area contributed by atoms with Crippen molar-refractivity contribution < 1.29 is 19.1 Å². The van der Waals surface area contributed by atoms with Crippen LogP contribution in [0.25, 0.3) is 0 Å². The number of hydrazine groups is 1. The molecule has 0 radical (unpaired) electrons. The van der Waals surface area contributed by atoms with Crippen LogP contribution in [0.3, 0.4) is 0 Å². The van der Waals surface area contributed by atoms with Crippen LogP contribution >= 0.6 is 0 Å². The molecule has 2 aromatic rings. The molecule has 0 fully saturated rings. The molecule has 2 amide bonds. The number of unbranched alkanes of at least 4 members (excludes halogenated alkanes) is 3. The lowest BCUT2D eigenvalue weighted by atomic mass is 10.1. The molecule has 0 saturated heterocycles. The van der Waals surface area contributed by atoms with Crippen molar-refractivity contribution >= 4 is 11.8 Å². The Hall–Kier alpha value is -3.02. The van der Waals surface area contributed by atoms with Crippen LogP contribution in [0.1, 0.15) is 48.5 Å². The number of benzene rings is 2. The van der Waals surface area contributed by atoms with Crippen molar-refractivity contribution in [3.63, 3.8) is 0 Å². The first kappa shape index (κ1) is 21.3. The van der Waals surface area contributed by atoms with Gasteiger partial charge in [-0.3, -0.25) is 20.4 Å². The lowest BCUT2D eigenvalue weighted by Crippen LogP contribution is -2.42. The highest BCUT2D eigenvalue weighted by molar-refractivity contribution is 5.95. The Morgan fingerprint density at radius 3 is 2.39 bits per heavy atom. The first-order chi connectivity index (χ1) is 13.6. The van der Waals surface area contributed by atoms with Gasteiger partial charge in [-0.25, -0.2) is 0 Å². The molecule has 0 aliphatic rings. The van der Waals surface area contributed by atoms with Gasteiger partial charge in [0, 0.05) is 11.1 Å². The molecule has 2 aromatic carbocycles. The zero-order chi connectivity index (χ0) is 20.2. The zero-order valence-electron chi connectivity index (χ0n) is 16.5. The van der Waals surface area contributed by atoms with Crippen LogP contribution in [-0.2, 0) is 11.2 Å². The van der Waals surface area contributed by atoms with Gasteiger partial charge in [-0.15, -0.1) is 0 Å². The first-order valence-electron chi connectivity index (χ1n) is 9.58. The number of carbonyl (C=O) groups is 2. The molecule has 0 saturated carbocycles. The summed E-state index contributed by atoms with van der Waals surface area (Å²) < 4.78 is 10.9. The fourth-order valence-corrected chi connectivity index (χ4v) is 2.69. The Morgan fingerprint density at radius 2 is 1.68 bits per heavy atom. The predicted octanol–water partition coefficient (Wildman–Crippen LogP) is 3.66. The SMILES string of the molecule is CCCCCCOc1ccc(C(=O)NNC(=O)Cc2ccccc2OC)cc1. The number of carbonyl (C=O) groups excluding carboxylic acids is 2. The number of rotatable bonds is 10. The van der Waals surface area contributed by atoms with Gasteiger partial charge in [-0.2, -0.15) is 0 Å². The van der Waals surface area contributed by atoms with E-state index in [0.717, 1.165) is 24.2 Å². The van der Waals surface area contributed by atoms with E-state index in [2.05, 4.69) is 17.8 Å². The first-order valence-corrected chi connectivity index (χ1v) is 9.58. The van der Waals surface area contributed by atoms with Crippen LogP contribution in [0.15, 0.2) is 48.5 Å². The van der Waals surface area contributed by atoms with E-state index in [1.54, 1.807) is 43.5 Å². The second kappa shape index (κ2) is 11.6. The number of amides is 2. The van der Waals surface area contributed by atoms with Gasteiger partial charge in [-0.05, 0) is 36.8 Å². The van der Waals surface area contributed by atoms with Gasteiger partial charge in [0.1, 0.15) is 11.5 Å². The molecule has 6 nitrogen and oxygen atoms in total. The fourth-order valence-electron chi connectivity index (χ4n) is 2.69. The Labute approximate surface area is 166 Å². The maximum Gasteiger partial charge on any atom is 0.269 e. The molecule has 6 heteroatoms. The summed E-state index contributed by atoms with van der Waals surface area (Å²) in [5.74, 6) is 0.648. The fraction of sp³-hybridized carbons (Fsp3) is 0.364. The molecule has 0 spiro atoms. The molecule has 0 unspecified atom stereocenters. The zero-order valence-corrected chi connectivity index (χ0v) is 16.5. The van der Waals surface area contributed by atoms with E-state index in [9.17, 15) is 9.59 Å². The summed E-state index contributed by atoms with van der Waals surface area (Å²) >= 11 is 0. The van der Waals surface area contributed by atoms with Gasteiger partial charge in [0.2, 0.25) is 5.91 Å². The van der Waals surface area contributed by atoms with Crippen LogP contribution in [0.2, 0.25) is 0 Å². The van der Waals surface area contributed by atoms with Crippen LogP contribution in [-0.4, -0.2) is 25.5 Å². The summed E-state index contributed by atoms with van der Waals surface area (Å²) in [7, 11) is 1.55. The molecule has 0 bridgehead atoms. The van der Waals surface area contributed by atoms with E-state index in [0.29, 0.717) is 17.9 Å². The molecular weight excluding hydrogens is 356 g/mol. The summed E-state index contributed by atoms with van der Waals surface area (Å²) in [4.78, 5) is 24.2. The smallest absolute Gasteiger partial charge is 0.269 e. The summed E-state index contributed by atoms with van der Waals surface area (Å²) in [6, 6.07) is 14.1. The van der Waals surface area contributed by atoms with Crippen LogP contribution in [0, 0.1) is 0 Å². The van der Waals surface area contributed by atoms with E-state index in [1.807, 2.05) is 12.1 Å². The highest BCUT2D eigenvalue weighted by Gasteiger charge is 2.10. The Kier molecular flexibility index (Phi) is 8.85. The highest BCUT2D eigenvalue weighted by Crippen LogP contribution is 2.17. The van der Waals surface area contributed by atoms with Crippen molar-refractivity contribution in [1.82, 2.24) is 10.9 Å². The Balaban J connectivity index is 1.77. The molecule has 2 rings (SSSR count). The van der Waals surface area contributed by atoms with E-state index in [-0.39, 0.29) is 18.2 Å². The molecule has 0 aliphatic carbocycles. The molecular formula is C22H28N2O4. The minimum Gasteiger partial charge on any atom is -0.496 e. The molecule has 0 heterocycles. The van der Waals surface area contributed by atoms with Crippen LogP contribution in [0.4, 0.5) is 0 Å². The molecule has 150 valence electrons. The molecule has 0 atom stereocenters. The van der Waals surface area contributed by atoms with E-state index >= 15 is 0 Å². The van der Waals surface area contributed by atoms with Crippen molar-refractivity contribution in [2.75, 3.05) is 13.7 Å². The van der Waals surface area contributed by atoms with Crippen molar-refractivity contribution in [3.8, 4) is 11.5 Å². The van der Waals surface area contributed by atoms with Gasteiger partial charge >= 0.3 is 0 Å². The lowest BCUT2D eigenvalue weighted by molar-refractivity contribution is -0.121. The van der Waals surface area contributed by atoms with Crippen molar-refractivity contribution in [3.05, 3.63) is 59.7 Å². The number of hydrogen-bond donors (Lipinski definition) is 2. The number of hydrogen-bond acceptors (Lipinski definition) is 4.